The summed E-state index contributed by atoms with van der Waals surface area (Å²) in [5.74, 6) is 0. The van der Waals surface area contributed by atoms with Gasteiger partial charge in [-0.15, -0.1) is 0 Å². The van der Waals surface area contributed by atoms with Gasteiger partial charge in [-0.25, -0.2) is 4.79 Å². The molecule has 2 atom stereocenters. The van der Waals surface area contributed by atoms with Crippen LogP contribution in [0.4, 0.5) is 4.79 Å². The van der Waals surface area contributed by atoms with Gasteiger partial charge in [0.15, 0.2) is 6.29 Å². The lowest BCUT2D eigenvalue weighted by Crippen LogP contribution is -2.51. The molecule has 1 amide bonds. The fourth-order valence-electron chi connectivity index (χ4n) is 1.54. The third-order valence-electron chi connectivity index (χ3n) is 2.09. The summed E-state index contributed by atoms with van der Waals surface area (Å²) < 4.78 is 10.6. The Labute approximate surface area is 95.7 Å². The Morgan fingerprint density at radius 1 is 1.44 bits per heavy atom. The molecule has 0 N–H and O–H groups in total. The number of morpholine rings is 1. The number of hydrogen-bond donors (Lipinski definition) is 0. The van der Waals surface area contributed by atoms with Gasteiger partial charge in [-0.3, -0.25) is 0 Å². The van der Waals surface area contributed by atoms with Gasteiger partial charge in [0.2, 0.25) is 0 Å². The van der Waals surface area contributed by atoms with Gasteiger partial charge in [-0.2, -0.15) is 0 Å². The van der Waals surface area contributed by atoms with Gasteiger partial charge in [0, 0.05) is 0 Å². The normalized spacial score (nSPS) is 26.4. The molecule has 1 rings (SSSR count). The van der Waals surface area contributed by atoms with E-state index in [0.29, 0.717) is 12.8 Å². The van der Waals surface area contributed by atoms with Crippen molar-refractivity contribution in [3.8, 4) is 0 Å². The van der Waals surface area contributed by atoms with Crippen LogP contribution in [0.5, 0.6) is 0 Å². The second-order valence-electron chi connectivity index (χ2n) is 5.01. The van der Waals surface area contributed by atoms with Crippen LogP contribution >= 0.6 is 0 Å². The van der Waals surface area contributed by atoms with E-state index < -0.39 is 17.8 Å². The van der Waals surface area contributed by atoms with Crippen molar-refractivity contribution >= 4 is 12.4 Å². The molecule has 1 aliphatic rings. The predicted octanol–water partition coefficient (Wildman–Crippen LogP) is 1.21. The second kappa shape index (κ2) is 4.82. The van der Waals surface area contributed by atoms with Gasteiger partial charge in [-0.05, 0) is 27.7 Å². The molecule has 0 aromatic rings. The van der Waals surface area contributed by atoms with Crippen LogP contribution in [-0.2, 0) is 14.3 Å². The van der Waals surface area contributed by atoms with Crippen molar-refractivity contribution in [2.75, 3.05) is 13.1 Å². The van der Waals surface area contributed by atoms with Crippen LogP contribution in [0, 0.1) is 0 Å². The molecule has 0 radical (unpaired) electrons. The lowest BCUT2D eigenvalue weighted by atomic mass is 10.2. The Morgan fingerprint density at radius 2 is 2.06 bits per heavy atom. The van der Waals surface area contributed by atoms with Crippen LogP contribution in [0.15, 0.2) is 0 Å². The van der Waals surface area contributed by atoms with Crippen molar-refractivity contribution in [1.29, 1.82) is 0 Å². The molecule has 1 fully saturated rings. The number of nitrogens with zero attached hydrogens (tertiary/aromatic N) is 1. The average Bonchev–Trinajstić information content (AvgIpc) is 2.14. The highest BCUT2D eigenvalue weighted by atomic mass is 16.6. The molecule has 16 heavy (non-hydrogen) atoms. The molecule has 1 saturated heterocycles. The summed E-state index contributed by atoms with van der Waals surface area (Å²) in [6.45, 7) is 7.99. The molecule has 0 aromatic heterocycles. The van der Waals surface area contributed by atoms with Crippen LogP contribution < -0.4 is 0 Å². The van der Waals surface area contributed by atoms with E-state index >= 15 is 0 Å². The summed E-state index contributed by atoms with van der Waals surface area (Å²) in [4.78, 5) is 23.9. The Hall–Kier alpha value is -1.10. The third-order valence-corrected chi connectivity index (χ3v) is 2.09. The zero-order valence-corrected chi connectivity index (χ0v) is 10.2. The van der Waals surface area contributed by atoms with Crippen LogP contribution in [0.3, 0.4) is 0 Å². The molecule has 1 heterocycles. The van der Waals surface area contributed by atoms with Crippen molar-refractivity contribution in [1.82, 2.24) is 4.90 Å². The van der Waals surface area contributed by atoms with Gasteiger partial charge in [0.25, 0.3) is 0 Å². The second-order valence-corrected chi connectivity index (χ2v) is 5.01. The van der Waals surface area contributed by atoms with Gasteiger partial charge in [-0.1, -0.05) is 0 Å². The van der Waals surface area contributed by atoms with E-state index in [4.69, 9.17) is 9.47 Å². The van der Waals surface area contributed by atoms with Crippen molar-refractivity contribution < 1.29 is 19.1 Å². The fourth-order valence-corrected chi connectivity index (χ4v) is 1.54. The first-order valence-electron chi connectivity index (χ1n) is 5.40. The molecular formula is C11H19NO4. The van der Waals surface area contributed by atoms with E-state index in [0.717, 1.165) is 0 Å². The first kappa shape index (κ1) is 13.0. The Morgan fingerprint density at radius 3 is 2.56 bits per heavy atom. The molecule has 0 aliphatic carbocycles. The lowest BCUT2D eigenvalue weighted by Gasteiger charge is -2.35. The van der Waals surface area contributed by atoms with Crippen LogP contribution in [0.25, 0.3) is 0 Å². The van der Waals surface area contributed by atoms with Gasteiger partial charge >= 0.3 is 6.09 Å². The zero-order chi connectivity index (χ0) is 12.3. The molecule has 0 unspecified atom stereocenters. The Balaban J connectivity index is 2.58. The minimum Gasteiger partial charge on any atom is -0.444 e. The number of ether oxygens (including phenoxy) is 2. The fraction of sp³-hybridized carbons (Fsp3) is 0.818. The number of hydrogen-bond acceptors (Lipinski definition) is 4. The van der Waals surface area contributed by atoms with E-state index in [1.54, 1.807) is 0 Å². The number of carbonyl (C=O) groups excluding carboxylic acids is 2. The largest absolute Gasteiger partial charge is 0.444 e. The maximum Gasteiger partial charge on any atom is 0.410 e. The summed E-state index contributed by atoms with van der Waals surface area (Å²) in [6, 6.07) is 0. The minimum atomic E-state index is -0.545. The molecule has 0 bridgehead atoms. The highest BCUT2D eigenvalue weighted by Crippen LogP contribution is 2.15. The number of carbonyl (C=O) groups is 2. The Kier molecular flexibility index (Phi) is 3.91. The molecule has 5 heteroatoms. The summed E-state index contributed by atoms with van der Waals surface area (Å²) in [5, 5.41) is 0. The minimum absolute atomic E-state index is 0.142. The number of rotatable bonds is 1. The zero-order valence-electron chi connectivity index (χ0n) is 10.2. The third kappa shape index (κ3) is 3.81. The van der Waals surface area contributed by atoms with Crippen LogP contribution in [0.2, 0.25) is 0 Å². The smallest absolute Gasteiger partial charge is 0.410 e. The van der Waals surface area contributed by atoms with Crippen molar-refractivity contribution in [2.24, 2.45) is 0 Å². The first-order chi connectivity index (χ1) is 7.31. The molecule has 0 saturated carbocycles. The monoisotopic (exact) mass is 229 g/mol. The SMILES string of the molecule is C[C@H]1CN(C(=O)OC(C)(C)C)C[C@@H](C=O)O1. The summed E-state index contributed by atoms with van der Waals surface area (Å²) >= 11 is 0. The maximum absolute atomic E-state index is 11.8. The van der Waals surface area contributed by atoms with Gasteiger partial charge in [0.1, 0.15) is 11.7 Å². The van der Waals surface area contributed by atoms with Gasteiger partial charge in [0.05, 0.1) is 19.2 Å². The molecule has 0 aromatic carbocycles. The van der Waals surface area contributed by atoms with Crippen molar-refractivity contribution in [2.45, 2.75) is 45.5 Å². The quantitative estimate of drug-likeness (QED) is 0.634. The summed E-state index contributed by atoms with van der Waals surface area (Å²) in [5.41, 5.74) is -0.519. The van der Waals surface area contributed by atoms with E-state index in [1.807, 2.05) is 27.7 Å². The summed E-state index contributed by atoms with van der Waals surface area (Å²) in [6.07, 6.45) is -0.366. The first-order valence-corrected chi connectivity index (χ1v) is 5.40. The number of aldehydes is 1. The molecule has 1 aliphatic heterocycles. The van der Waals surface area contributed by atoms with Crippen molar-refractivity contribution in [3.05, 3.63) is 0 Å². The van der Waals surface area contributed by atoms with E-state index in [2.05, 4.69) is 0 Å². The highest BCUT2D eigenvalue weighted by Gasteiger charge is 2.30. The maximum atomic E-state index is 11.8. The Bertz CT molecular complexity index is 272. The molecular weight excluding hydrogens is 210 g/mol. The van der Waals surface area contributed by atoms with E-state index in [-0.39, 0.29) is 12.6 Å². The topological polar surface area (TPSA) is 55.8 Å². The molecule has 92 valence electrons. The molecule has 0 spiro atoms. The van der Waals surface area contributed by atoms with Gasteiger partial charge < -0.3 is 19.2 Å². The average molecular weight is 229 g/mol. The number of amides is 1. The summed E-state index contributed by atoms with van der Waals surface area (Å²) in [7, 11) is 0. The van der Waals surface area contributed by atoms with E-state index in [1.165, 1.54) is 4.90 Å². The lowest BCUT2D eigenvalue weighted by molar-refractivity contribution is -0.130. The van der Waals surface area contributed by atoms with Crippen LogP contribution in [0.1, 0.15) is 27.7 Å². The predicted molar refractivity (Wildman–Crippen MR) is 58.2 cm³/mol. The standard InChI is InChI=1S/C11H19NO4/c1-8-5-12(6-9(7-13)15-8)10(14)16-11(2,3)4/h7-9H,5-6H2,1-4H3/t8-,9-/m0/s1. The van der Waals surface area contributed by atoms with Crippen molar-refractivity contribution in [3.63, 3.8) is 0 Å². The van der Waals surface area contributed by atoms with E-state index in [9.17, 15) is 9.59 Å². The van der Waals surface area contributed by atoms with Crippen LogP contribution in [-0.4, -0.2) is 48.2 Å². The molecule has 5 nitrogen and oxygen atoms in total. The highest BCUT2D eigenvalue weighted by molar-refractivity contribution is 5.69.